The predicted octanol–water partition coefficient (Wildman–Crippen LogP) is 3.11. The number of anilines is 1. The molecule has 1 heterocycles. The molecule has 21 heavy (non-hydrogen) atoms. The Morgan fingerprint density at radius 2 is 1.95 bits per heavy atom. The van der Waals surface area contributed by atoms with Gasteiger partial charge in [0.25, 0.3) is 0 Å². The van der Waals surface area contributed by atoms with Gasteiger partial charge in [-0.3, -0.25) is 4.79 Å². The van der Waals surface area contributed by atoms with Gasteiger partial charge in [-0.2, -0.15) is 0 Å². The summed E-state index contributed by atoms with van der Waals surface area (Å²) < 4.78 is 13.2. The van der Waals surface area contributed by atoms with E-state index in [1.807, 2.05) is 0 Å². The lowest BCUT2D eigenvalue weighted by molar-refractivity contribution is -0.147. The van der Waals surface area contributed by atoms with Crippen LogP contribution in [0, 0.1) is 5.82 Å². The Morgan fingerprint density at radius 1 is 1.24 bits per heavy atom. The van der Waals surface area contributed by atoms with Crippen molar-refractivity contribution in [3.63, 3.8) is 0 Å². The summed E-state index contributed by atoms with van der Waals surface area (Å²) in [4.78, 5) is 22.3. The topological polar surface area (TPSA) is 86.6 Å². The van der Waals surface area contributed by atoms with Crippen molar-refractivity contribution in [1.29, 1.82) is 0 Å². The molecule has 108 valence electrons. The highest BCUT2D eigenvalue weighted by atomic mass is 32.1. The highest BCUT2D eigenvalue weighted by molar-refractivity contribution is 7.20. The highest BCUT2D eigenvalue weighted by Crippen LogP contribution is 2.38. The average molecular weight is 307 g/mol. The number of hydrogen-bond donors (Lipinski definition) is 3. The molecular formula is C14H10FNO4S. The SMILES string of the molecule is C=C(O)c1cc(-c2cccc(F)c2)sc1NC(=O)C(=O)O. The van der Waals surface area contributed by atoms with Crippen molar-refractivity contribution in [2.24, 2.45) is 0 Å². The second kappa shape index (κ2) is 5.76. The van der Waals surface area contributed by atoms with E-state index in [0.717, 1.165) is 11.3 Å². The Balaban J connectivity index is 2.44. The van der Waals surface area contributed by atoms with Crippen molar-refractivity contribution in [2.45, 2.75) is 0 Å². The fourth-order valence-electron chi connectivity index (χ4n) is 1.64. The van der Waals surface area contributed by atoms with E-state index in [9.17, 15) is 19.1 Å². The minimum Gasteiger partial charge on any atom is -0.508 e. The van der Waals surface area contributed by atoms with Crippen LogP contribution in [0.25, 0.3) is 16.2 Å². The predicted molar refractivity (Wildman–Crippen MR) is 77.6 cm³/mol. The van der Waals surface area contributed by atoms with Gasteiger partial charge in [0, 0.05) is 4.88 Å². The smallest absolute Gasteiger partial charge is 0.394 e. The molecule has 0 fully saturated rings. The first-order chi connectivity index (χ1) is 9.88. The van der Waals surface area contributed by atoms with E-state index in [4.69, 9.17) is 5.11 Å². The number of carboxylic acids is 1. The van der Waals surface area contributed by atoms with E-state index in [1.165, 1.54) is 24.3 Å². The fourth-order valence-corrected chi connectivity index (χ4v) is 2.71. The molecule has 0 aliphatic carbocycles. The molecule has 1 aromatic carbocycles. The van der Waals surface area contributed by atoms with Crippen LogP contribution in [0.1, 0.15) is 5.56 Å². The van der Waals surface area contributed by atoms with Gasteiger partial charge in [0.1, 0.15) is 16.6 Å². The lowest BCUT2D eigenvalue weighted by Gasteiger charge is -2.01. The maximum atomic E-state index is 13.2. The van der Waals surface area contributed by atoms with E-state index >= 15 is 0 Å². The van der Waals surface area contributed by atoms with Crippen molar-refractivity contribution in [1.82, 2.24) is 0 Å². The zero-order valence-corrected chi connectivity index (χ0v) is 11.4. The molecule has 0 aliphatic heterocycles. The van der Waals surface area contributed by atoms with Crippen LogP contribution in [0.15, 0.2) is 36.9 Å². The van der Waals surface area contributed by atoms with Gasteiger partial charge in [0.15, 0.2) is 0 Å². The number of carboxylic acid groups (broad SMARTS) is 1. The number of nitrogens with one attached hydrogen (secondary N) is 1. The third-order valence-corrected chi connectivity index (χ3v) is 3.67. The lowest BCUT2D eigenvalue weighted by atomic mass is 10.1. The first-order valence-corrected chi connectivity index (χ1v) is 6.52. The molecular weight excluding hydrogens is 297 g/mol. The second-order valence-corrected chi connectivity index (χ2v) is 5.12. The first-order valence-electron chi connectivity index (χ1n) is 5.70. The van der Waals surface area contributed by atoms with E-state index in [0.29, 0.717) is 10.4 Å². The summed E-state index contributed by atoms with van der Waals surface area (Å²) in [5, 5.41) is 20.4. The quantitative estimate of drug-likeness (QED) is 0.600. The summed E-state index contributed by atoms with van der Waals surface area (Å²) in [6.45, 7) is 3.35. The molecule has 0 bridgehead atoms. The first kappa shape index (κ1) is 14.7. The standard InChI is InChI=1S/C14H10FNO4S/c1-7(17)10-6-11(8-3-2-4-9(15)5-8)21-13(10)16-12(18)14(19)20/h2-6,17H,1H2,(H,16,18)(H,19,20). The third kappa shape index (κ3) is 3.26. The van der Waals surface area contributed by atoms with Gasteiger partial charge >= 0.3 is 11.9 Å². The molecule has 0 radical (unpaired) electrons. The van der Waals surface area contributed by atoms with Gasteiger partial charge in [-0.25, -0.2) is 9.18 Å². The number of halogens is 1. The zero-order valence-electron chi connectivity index (χ0n) is 10.6. The zero-order chi connectivity index (χ0) is 15.6. The van der Waals surface area contributed by atoms with Gasteiger partial charge in [-0.15, -0.1) is 11.3 Å². The van der Waals surface area contributed by atoms with Crippen LogP contribution >= 0.6 is 11.3 Å². The average Bonchev–Trinajstić information content (AvgIpc) is 2.82. The molecule has 0 aliphatic rings. The van der Waals surface area contributed by atoms with Crippen molar-refractivity contribution in [2.75, 3.05) is 5.32 Å². The van der Waals surface area contributed by atoms with Crippen molar-refractivity contribution in [3.8, 4) is 10.4 Å². The molecule has 2 aromatic rings. The number of carbonyl (C=O) groups is 2. The molecule has 1 amide bonds. The van der Waals surface area contributed by atoms with Gasteiger partial charge in [-0.1, -0.05) is 18.7 Å². The fraction of sp³-hybridized carbons (Fsp3) is 0. The lowest BCUT2D eigenvalue weighted by Crippen LogP contribution is -2.21. The van der Waals surface area contributed by atoms with Crippen molar-refractivity contribution < 1.29 is 24.2 Å². The second-order valence-electron chi connectivity index (χ2n) is 4.07. The number of benzene rings is 1. The Kier molecular flexibility index (Phi) is 4.04. The molecule has 7 heteroatoms. The molecule has 0 spiro atoms. The van der Waals surface area contributed by atoms with Gasteiger partial charge in [-0.05, 0) is 23.8 Å². The highest BCUT2D eigenvalue weighted by Gasteiger charge is 2.18. The van der Waals surface area contributed by atoms with Crippen LogP contribution in [0.4, 0.5) is 9.39 Å². The van der Waals surface area contributed by atoms with Gasteiger partial charge < -0.3 is 15.5 Å². The summed E-state index contributed by atoms with van der Waals surface area (Å²) in [7, 11) is 0. The van der Waals surface area contributed by atoms with E-state index < -0.39 is 17.7 Å². The van der Waals surface area contributed by atoms with Crippen LogP contribution in [0.5, 0.6) is 0 Å². The molecule has 0 saturated carbocycles. The number of aliphatic hydroxyl groups excluding tert-OH is 1. The van der Waals surface area contributed by atoms with Crippen LogP contribution in [-0.4, -0.2) is 22.1 Å². The number of aliphatic carboxylic acids is 1. The molecule has 0 unspecified atom stereocenters. The Hall–Kier alpha value is -2.67. The number of rotatable bonds is 3. The molecule has 3 N–H and O–H groups in total. The largest absolute Gasteiger partial charge is 0.508 e. The molecule has 1 aromatic heterocycles. The van der Waals surface area contributed by atoms with Gasteiger partial charge in [0.05, 0.1) is 5.56 Å². The summed E-state index contributed by atoms with van der Waals surface area (Å²) in [6.07, 6.45) is 0. The van der Waals surface area contributed by atoms with Crippen molar-refractivity contribution in [3.05, 3.63) is 48.3 Å². The summed E-state index contributed by atoms with van der Waals surface area (Å²) in [5.74, 6) is -3.63. The molecule has 5 nitrogen and oxygen atoms in total. The Morgan fingerprint density at radius 3 is 2.52 bits per heavy atom. The number of hydrogen-bond acceptors (Lipinski definition) is 4. The van der Waals surface area contributed by atoms with E-state index in [1.54, 1.807) is 6.07 Å². The third-order valence-electron chi connectivity index (χ3n) is 2.57. The molecule has 2 rings (SSSR count). The van der Waals surface area contributed by atoms with E-state index in [-0.39, 0.29) is 16.3 Å². The van der Waals surface area contributed by atoms with E-state index in [2.05, 4.69) is 11.9 Å². The Labute approximate surface area is 123 Å². The number of carbonyl (C=O) groups excluding carboxylic acids is 1. The van der Waals surface area contributed by atoms with Crippen LogP contribution in [0.3, 0.4) is 0 Å². The van der Waals surface area contributed by atoms with Crippen LogP contribution in [-0.2, 0) is 9.59 Å². The minimum absolute atomic E-state index is 0.133. The maximum absolute atomic E-state index is 13.2. The minimum atomic E-state index is -1.65. The normalized spacial score (nSPS) is 10.1. The van der Waals surface area contributed by atoms with Gasteiger partial charge in [0.2, 0.25) is 0 Å². The Bertz CT molecular complexity index is 738. The number of thiophene rings is 1. The summed E-state index contributed by atoms with van der Waals surface area (Å²) in [6, 6.07) is 7.25. The molecule has 0 saturated heterocycles. The van der Waals surface area contributed by atoms with Crippen molar-refractivity contribution >= 4 is 34.0 Å². The van der Waals surface area contributed by atoms with Crippen LogP contribution < -0.4 is 5.32 Å². The number of aliphatic hydroxyl groups is 1. The number of amides is 1. The molecule has 0 atom stereocenters. The summed E-state index contributed by atoms with van der Waals surface area (Å²) in [5.41, 5.74) is 0.729. The summed E-state index contributed by atoms with van der Waals surface area (Å²) >= 11 is 1.01. The monoisotopic (exact) mass is 307 g/mol. The maximum Gasteiger partial charge on any atom is 0.394 e. The van der Waals surface area contributed by atoms with Crippen LogP contribution in [0.2, 0.25) is 0 Å².